The molecule has 0 spiro atoms. The third-order valence-electron chi connectivity index (χ3n) is 3.69. The quantitative estimate of drug-likeness (QED) is 0.704. The van der Waals surface area contributed by atoms with Crippen LogP contribution in [0.1, 0.15) is 18.2 Å². The number of aromatic nitrogens is 2. The van der Waals surface area contributed by atoms with Gasteiger partial charge in [0.05, 0.1) is 17.6 Å². The topological polar surface area (TPSA) is 38.3 Å². The predicted octanol–water partition coefficient (Wildman–Crippen LogP) is 4.26. The van der Waals surface area contributed by atoms with Crippen LogP contribution in [0.4, 0.5) is 5.69 Å². The largest absolute Gasteiger partial charge is 0.476 e. The second-order valence-electron chi connectivity index (χ2n) is 5.66. The molecule has 0 aliphatic rings. The number of fused-ring (bicyclic) bond motifs is 1. The van der Waals surface area contributed by atoms with Gasteiger partial charge < -0.3 is 9.64 Å². The minimum atomic E-state index is 0.561. The van der Waals surface area contributed by atoms with Crippen LogP contribution in [0.3, 0.4) is 0 Å². The number of anilines is 1. The summed E-state index contributed by atoms with van der Waals surface area (Å²) in [5, 5.41) is 0. The van der Waals surface area contributed by atoms with E-state index in [4.69, 9.17) is 4.74 Å². The summed E-state index contributed by atoms with van der Waals surface area (Å²) >= 11 is 0. The smallest absolute Gasteiger partial charge is 0.240 e. The highest BCUT2D eigenvalue weighted by atomic mass is 16.5. The fraction of sp³-hybridized carbons (Fsp3) is 0.200. The molecule has 0 radical (unpaired) electrons. The molecule has 2 aromatic carbocycles. The van der Waals surface area contributed by atoms with E-state index in [9.17, 15) is 0 Å². The van der Waals surface area contributed by atoms with Crippen LogP contribution in [0.2, 0.25) is 0 Å². The van der Waals surface area contributed by atoms with E-state index in [2.05, 4.69) is 39.1 Å². The molecule has 0 N–H and O–H groups in total. The molecule has 0 amide bonds. The average Bonchev–Trinajstić information content (AvgIpc) is 2.60. The van der Waals surface area contributed by atoms with E-state index in [1.165, 1.54) is 5.69 Å². The third-order valence-corrected chi connectivity index (χ3v) is 3.69. The molecule has 0 bridgehead atoms. The maximum absolute atomic E-state index is 5.65. The number of nitrogens with zero attached hydrogens (tertiary/aromatic N) is 3. The van der Waals surface area contributed by atoms with Crippen molar-refractivity contribution < 1.29 is 4.74 Å². The molecule has 4 heteroatoms. The Kier molecular flexibility index (Phi) is 4.75. The van der Waals surface area contributed by atoms with E-state index in [0.29, 0.717) is 12.5 Å². The van der Waals surface area contributed by atoms with Crippen molar-refractivity contribution in [3.05, 3.63) is 59.8 Å². The van der Waals surface area contributed by atoms with E-state index >= 15 is 0 Å². The first kappa shape index (κ1) is 16.0. The van der Waals surface area contributed by atoms with Gasteiger partial charge in [-0.1, -0.05) is 30.3 Å². The molecule has 24 heavy (non-hydrogen) atoms. The Bertz CT molecular complexity index is 854. The van der Waals surface area contributed by atoms with Crippen LogP contribution in [0.5, 0.6) is 5.88 Å². The van der Waals surface area contributed by atoms with Crippen molar-refractivity contribution in [1.29, 1.82) is 0 Å². The zero-order chi connectivity index (χ0) is 16.9. The van der Waals surface area contributed by atoms with E-state index in [1.807, 2.05) is 57.4 Å². The highest BCUT2D eigenvalue weighted by Crippen LogP contribution is 2.21. The minimum Gasteiger partial charge on any atom is -0.476 e. The number of rotatable bonds is 5. The standard InChI is InChI=1S/C20H21N3O/c1-4-24-20-19(21-17-7-5-6-8-18(17)22-20)14-11-15-9-12-16(13-10-15)23(2)3/h5-14H,4H2,1-3H3/b14-11+. The number of hydrogen-bond acceptors (Lipinski definition) is 4. The van der Waals surface area contributed by atoms with Crippen molar-refractivity contribution in [2.45, 2.75) is 6.92 Å². The van der Waals surface area contributed by atoms with Gasteiger partial charge in [-0.05, 0) is 42.8 Å². The van der Waals surface area contributed by atoms with Gasteiger partial charge in [0.25, 0.3) is 0 Å². The molecular formula is C20H21N3O. The van der Waals surface area contributed by atoms with Crippen LogP contribution in [0, 0.1) is 0 Å². The van der Waals surface area contributed by atoms with E-state index in [0.717, 1.165) is 22.3 Å². The second kappa shape index (κ2) is 7.13. The SMILES string of the molecule is CCOc1nc2ccccc2nc1/C=C/c1ccc(N(C)C)cc1. The molecule has 3 rings (SSSR count). The Morgan fingerprint density at radius 1 is 0.917 bits per heavy atom. The molecule has 0 unspecified atom stereocenters. The predicted molar refractivity (Wildman–Crippen MR) is 100 cm³/mol. The molecule has 1 heterocycles. The number of ether oxygens (including phenoxy) is 1. The summed E-state index contributed by atoms with van der Waals surface area (Å²) in [6, 6.07) is 16.2. The van der Waals surface area contributed by atoms with Crippen LogP contribution in [-0.2, 0) is 0 Å². The van der Waals surface area contributed by atoms with Crippen LogP contribution in [0.15, 0.2) is 48.5 Å². The lowest BCUT2D eigenvalue weighted by Crippen LogP contribution is -2.07. The lowest BCUT2D eigenvalue weighted by molar-refractivity contribution is 0.326. The fourth-order valence-electron chi connectivity index (χ4n) is 2.41. The average molecular weight is 319 g/mol. The van der Waals surface area contributed by atoms with Crippen LogP contribution < -0.4 is 9.64 Å². The third kappa shape index (κ3) is 3.54. The molecule has 0 atom stereocenters. The summed E-state index contributed by atoms with van der Waals surface area (Å²) in [6.45, 7) is 2.51. The van der Waals surface area contributed by atoms with Gasteiger partial charge in [0, 0.05) is 19.8 Å². The summed E-state index contributed by atoms with van der Waals surface area (Å²) in [5.74, 6) is 0.567. The van der Waals surface area contributed by atoms with Crippen molar-refractivity contribution >= 4 is 28.9 Å². The van der Waals surface area contributed by atoms with Gasteiger partial charge in [-0.2, -0.15) is 0 Å². The summed E-state index contributed by atoms with van der Waals surface area (Å²) in [5.41, 5.74) is 4.73. The van der Waals surface area contributed by atoms with Crippen molar-refractivity contribution in [2.75, 3.05) is 25.6 Å². The molecule has 0 saturated carbocycles. The van der Waals surface area contributed by atoms with Crippen molar-refractivity contribution in [1.82, 2.24) is 9.97 Å². The Morgan fingerprint density at radius 3 is 2.21 bits per heavy atom. The second-order valence-corrected chi connectivity index (χ2v) is 5.66. The Labute approximate surface area is 142 Å². The van der Waals surface area contributed by atoms with Crippen LogP contribution in [-0.4, -0.2) is 30.7 Å². The highest BCUT2D eigenvalue weighted by Gasteiger charge is 2.07. The lowest BCUT2D eigenvalue weighted by Gasteiger charge is -2.11. The molecule has 0 aliphatic heterocycles. The van der Waals surface area contributed by atoms with Crippen molar-refractivity contribution in [3.63, 3.8) is 0 Å². The van der Waals surface area contributed by atoms with Gasteiger partial charge in [-0.15, -0.1) is 0 Å². The monoisotopic (exact) mass is 319 g/mol. The first-order chi connectivity index (χ1) is 11.7. The first-order valence-electron chi connectivity index (χ1n) is 8.02. The van der Waals surface area contributed by atoms with E-state index < -0.39 is 0 Å². The molecule has 3 aromatic rings. The maximum atomic E-state index is 5.65. The lowest BCUT2D eigenvalue weighted by atomic mass is 10.1. The van der Waals surface area contributed by atoms with E-state index in [1.54, 1.807) is 0 Å². The Balaban J connectivity index is 1.93. The first-order valence-corrected chi connectivity index (χ1v) is 8.02. The normalized spacial score (nSPS) is 11.1. The van der Waals surface area contributed by atoms with Gasteiger partial charge in [0.2, 0.25) is 5.88 Å². The van der Waals surface area contributed by atoms with Crippen LogP contribution >= 0.6 is 0 Å². The zero-order valence-corrected chi connectivity index (χ0v) is 14.2. The molecule has 0 fully saturated rings. The van der Waals surface area contributed by atoms with Crippen molar-refractivity contribution in [3.8, 4) is 5.88 Å². The Hall–Kier alpha value is -2.88. The number of para-hydroxylation sites is 2. The molecular weight excluding hydrogens is 298 g/mol. The Morgan fingerprint density at radius 2 is 1.58 bits per heavy atom. The van der Waals surface area contributed by atoms with Gasteiger partial charge in [-0.3, -0.25) is 0 Å². The molecule has 1 aromatic heterocycles. The summed E-state index contributed by atoms with van der Waals surface area (Å²) in [7, 11) is 4.06. The number of benzene rings is 2. The molecule has 4 nitrogen and oxygen atoms in total. The highest BCUT2D eigenvalue weighted by molar-refractivity contribution is 5.79. The van der Waals surface area contributed by atoms with Gasteiger partial charge in [-0.25, -0.2) is 9.97 Å². The molecule has 0 saturated heterocycles. The molecule has 122 valence electrons. The van der Waals surface area contributed by atoms with Gasteiger partial charge >= 0.3 is 0 Å². The van der Waals surface area contributed by atoms with Crippen LogP contribution in [0.25, 0.3) is 23.2 Å². The van der Waals surface area contributed by atoms with Gasteiger partial charge in [0.15, 0.2) is 0 Å². The fourth-order valence-corrected chi connectivity index (χ4v) is 2.41. The summed E-state index contributed by atoms with van der Waals surface area (Å²) in [4.78, 5) is 11.3. The van der Waals surface area contributed by atoms with E-state index in [-0.39, 0.29) is 0 Å². The maximum Gasteiger partial charge on any atom is 0.240 e. The minimum absolute atomic E-state index is 0.561. The summed E-state index contributed by atoms with van der Waals surface area (Å²) in [6.07, 6.45) is 3.98. The van der Waals surface area contributed by atoms with Crippen molar-refractivity contribution in [2.24, 2.45) is 0 Å². The zero-order valence-electron chi connectivity index (χ0n) is 14.2. The molecule has 0 aliphatic carbocycles. The summed E-state index contributed by atoms with van der Waals surface area (Å²) < 4.78 is 5.65. The number of hydrogen-bond donors (Lipinski definition) is 0. The van der Waals surface area contributed by atoms with Gasteiger partial charge in [0.1, 0.15) is 5.69 Å².